The Hall–Kier alpha value is -1.22. The summed E-state index contributed by atoms with van der Waals surface area (Å²) in [5, 5.41) is 9.65. The molecule has 0 heterocycles. The van der Waals surface area contributed by atoms with Gasteiger partial charge in [0.1, 0.15) is 5.75 Å². The first-order valence-electron chi connectivity index (χ1n) is 6.29. The van der Waals surface area contributed by atoms with Crippen LogP contribution in [-0.2, 0) is 11.2 Å². The highest BCUT2D eigenvalue weighted by Crippen LogP contribution is 2.17. The number of phenols is 1. The maximum absolute atomic E-state index is 12.1. The molecule has 0 atom stereocenters. The lowest BCUT2D eigenvalue weighted by atomic mass is 10.1. The summed E-state index contributed by atoms with van der Waals surface area (Å²) in [4.78, 5) is 13.9. The minimum absolute atomic E-state index is 0.0191. The van der Waals surface area contributed by atoms with E-state index in [9.17, 15) is 9.90 Å². The van der Waals surface area contributed by atoms with Crippen LogP contribution in [0.1, 0.15) is 25.3 Å². The van der Waals surface area contributed by atoms with Crippen LogP contribution in [0, 0.1) is 0 Å². The fourth-order valence-corrected chi connectivity index (χ4v) is 1.95. The Morgan fingerprint density at radius 2 is 2.06 bits per heavy atom. The summed E-state index contributed by atoms with van der Waals surface area (Å²) >= 11 is 5.71. The largest absolute Gasteiger partial charge is 0.508 e. The van der Waals surface area contributed by atoms with Crippen molar-refractivity contribution in [3.05, 3.63) is 29.8 Å². The quantitative estimate of drug-likeness (QED) is 0.774. The number of hydrogen-bond acceptors (Lipinski definition) is 2. The van der Waals surface area contributed by atoms with Crippen molar-refractivity contribution >= 4 is 17.5 Å². The van der Waals surface area contributed by atoms with Gasteiger partial charge in [0.2, 0.25) is 5.91 Å². The number of rotatable bonds is 7. The van der Waals surface area contributed by atoms with E-state index in [0.717, 1.165) is 19.4 Å². The third-order valence-electron chi connectivity index (χ3n) is 2.82. The molecule has 0 aromatic heterocycles. The molecule has 0 saturated carbocycles. The van der Waals surface area contributed by atoms with Crippen LogP contribution in [0.5, 0.6) is 5.75 Å². The Labute approximate surface area is 113 Å². The number of carbonyl (C=O) groups excluding carboxylic acids is 1. The number of alkyl halides is 1. The minimum atomic E-state index is 0.0191. The molecule has 1 rings (SSSR count). The second-order valence-corrected chi connectivity index (χ2v) is 4.61. The predicted molar refractivity (Wildman–Crippen MR) is 74.0 cm³/mol. The predicted octanol–water partition coefficient (Wildman–Crippen LogP) is 2.80. The Morgan fingerprint density at radius 1 is 1.33 bits per heavy atom. The minimum Gasteiger partial charge on any atom is -0.508 e. The summed E-state index contributed by atoms with van der Waals surface area (Å²) in [5.74, 6) is 0.633. The summed E-state index contributed by atoms with van der Waals surface area (Å²) in [7, 11) is 0. The molecule has 0 unspecified atom stereocenters. The molecule has 0 aliphatic rings. The number of hydrogen-bond donors (Lipinski definition) is 1. The Bertz CT molecular complexity index is 382. The van der Waals surface area contributed by atoms with Gasteiger partial charge in [0.15, 0.2) is 0 Å². The van der Waals surface area contributed by atoms with E-state index in [4.69, 9.17) is 11.6 Å². The zero-order chi connectivity index (χ0) is 13.4. The summed E-state index contributed by atoms with van der Waals surface area (Å²) in [6, 6.07) is 6.93. The van der Waals surface area contributed by atoms with Crippen LogP contribution in [0.2, 0.25) is 0 Å². The van der Waals surface area contributed by atoms with Gasteiger partial charge in [0, 0.05) is 24.5 Å². The van der Waals surface area contributed by atoms with Crippen LogP contribution < -0.4 is 0 Å². The number of amides is 1. The maximum Gasteiger partial charge on any atom is 0.227 e. The monoisotopic (exact) mass is 269 g/mol. The molecule has 1 amide bonds. The summed E-state index contributed by atoms with van der Waals surface area (Å²) in [5.41, 5.74) is 0.665. The third-order valence-corrected chi connectivity index (χ3v) is 2.99. The summed E-state index contributed by atoms with van der Waals surface area (Å²) in [6.07, 6.45) is 2.25. The molecule has 0 saturated heterocycles. The van der Waals surface area contributed by atoms with E-state index in [1.807, 2.05) is 6.07 Å². The molecular formula is C14H20ClNO2. The molecule has 0 bridgehead atoms. The summed E-state index contributed by atoms with van der Waals surface area (Å²) < 4.78 is 0. The highest BCUT2D eigenvalue weighted by Gasteiger charge is 2.14. The number of unbranched alkanes of at least 4 members (excludes halogenated alkanes) is 1. The molecule has 0 fully saturated rings. The molecule has 18 heavy (non-hydrogen) atoms. The number of halogens is 1. The second kappa shape index (κ2) is 7.98. The van der Waals surface area contributed by atoms with Gasteiger partial charge in [0.05, 0.1) is 6.42 Å². The molecule has 1 aromatic rings. The molecule has 0 aliphatic carbocycles. The normalized spacial score (nSPS) is 10.3. The average molecular weight is 270 g/mol. The van der Waals surface area contributed by atoms with Crippen LogP contribution in [0.4, 0.5) is 0 Å². The van der Waals surface area contributed by atoms with Crippen LogP contribution in [0.3, 0.4) is 0 Å². The van der Waals surface area contributed by atoms with E-state index in [-0.39, 0.29) is 18.1 Å². The van der Waals surface area contributed by atoms with Gasteiger partial charge in [-0.05, 0) is 12.5 Å². The zero-order valence-electron chi connectivity index (χ0n) is 10.7. The molecule has 0 spiro atoms. The molecular weight excluding hydrogens is 250 g/mol. The molecule has 100 valence electrons. The number of phenolic OH excluding ortho intramolecular Hbond substituents is 1. The van der Waals surface area contributed by atoms with Crippen molar-refractivity contribution in [2.24, 2.45) is 0 Å². The fraction of sp³-hybridized carbons (Fsp3) is 0.500. The van der Waals surface area contributed by atoms with Crippen molar-refractivity contribution in [3.63, 3.8) is 0 Å². The van der Waals surface area contributed by atoms with Crippen molar-refractivity contribution in [1.82, 2.24) is 4.90 Å². The first-order valence-corrected chi connectivity index (χ1v) is 6.83. The van der Waals surface area contributed by atoms with Gasteiger partial charge < -0.3 is 10.0 Å². The standard InChI is InChI=1S/C14H20ClNO2/c1-2-3-9-16(10-8-15)14(18)11-12-6-4-5-7-13(12)17/h4-7,17H,2-3,8-11H2,1H3. The number of aromatic hydroxyl groups is 1. The number of nitrogens with zero attached hydrogens (tertiary/aromatic N) is 1. The molecule has 1 N–H and O–H groups in total. The number of para-hydroxylation sites is 1. The van der Waals surface area contributed by atoms with Gasteiger partial charge >= 0.3 is 0 Å². The van der Waals surface area contributed by atoms with Gasteiger partial charge in [-0.1, -0.05) is 31.5 Å². The second-order valence-electron chi connectivity index (χ2n) is 4.23. The van der Waals surface area contributed by atoms with E-state index in [1.54, 1.807) is 23.1 Å². The van der Waals surface area contributed by atoms with Gasteiger partial charge in [0.25, 0.3) is 0 Å². The topological polar surface area (TPSA) is 40.5 Å². The van der Waals surface area contributed by atoms with Crippen LogP contribution in [0.25, 0.3) is 0 Å². The Morgan fingerprint density at radius 3 is 2.67 bits per heavy atom. The van der Waals surface area contributed by atoms with Gasteiger partial charge in [-0.2, -0.15) is 0 Å². The fourth-order valence-electron chi connectivity index (χ4n) is 1.75. The number of benzene rings is 1. The molecule has 0 radical (unpaired) electrons. The Kier molecular flexibility index (Phi) is 6.58. The van der Waals surface area contributed by atoms with E-state index in [0.29, 0.717) is 18.0 Å². The van der Waals surface area contributed by atoms with Gasteiger partial charge in [-0.15, -0.1) is 11.6 Å². The van der Waals surface area contributed by atoms with Crippen molar-refractivity contribution in [2.45, 2.75) is 26.2 Å². The number of carbonyl (C=O) groups is 1. The average Bonchev–Trinajstić information content (AvgIpc) is 2.37. The maximum atomic E-state index is 12.1. The van der Waals surface area contributed by atoms with Crippen LogP contribution >= 0.6 is 11.6 Å². The van der Waals surface area contributed by atoms with Crippen molar-refractivity contribution < 1.29 is 9.90 Å². The van der Waals surface area contributed by atoms with Gasteiger partial charge in [-0.3, -0.25) is 4.79 Å². The molecule has 0 aliphatic heterocycles. The van der Waals surface area contributed by atoms with Crippen LogP contribution in [0.15, 0.2) is 24.3 Å². The summed E-state index contributed by atoms with van der Waals surface area (Å²) in [6.45, 7) is 3.38. The first-order chi connectivity index (χ1) is 8.69. The van der Waals surface area contributed by atoms with Crippen LogP contribution in [-0.4, -0.2) is 34.9 Å². The van der Waals surface area contributed by atoms with Crippen molar-refractivity contribution in [2.75, 3.05) is 19.0 Å². The molecule has 3 nitrogen and oxygen atoms in total. The van der Waals surface area contributed by atoms with Crippen molar-refractivity contribution in [3.8, 4) is 5.75 Å². The lowest BCUT2D eigenvalue weighted by Gasteiger charge is -2.21. The Balaban J connectivity index is 2.63. The molecule has 4 heteroatoms. The van der Waals surface area contributed by atoms with Crippen molar-refractivity contribution in [1.29, 1.82) is 0 Å². The van der Waals surface area contributed by atoms with Gasteiger partial charge in [-0.25, -0.2) is 0 Å². The van der Waals surface area contributed by atoms with E-state index < -0.39 is 0 Å². The highest BCUT2D eigenvalue weighted by atomic mass is 35.5. The zero-order valence-corrected chi connectivity index (χ0v) is 11.5. The van der Waals surface area contributed by atoms with E-state index in [2.05, 4.69) is 6.92 Å². The molecule has 1 aromatic carbocycles. The van der Waals surface area contributed by atoms with E-state index in [1.165, 1.54) is 0 Å². The first kappa shape index (κ1) is 14.8. The lowest BCUT2D eigenvalue weighted by molar-refractivity contribution is -0.130. The lowest BCUT2D eigenvalue weighted by Crippen LogP contribution is -2.34. The third kappa shape index (κ3) is 4.57. The smallest absolute Gasteiger partial charge is 0.227 e. The van der Waals surface area contributed by atoms with E-state index >= 15 is 0 Å². The SMILES string of the molecule is CCCCN(CCCl)C(=O)Cc1ccccc1O. The highest BCUT2D eigenvalue weighted by molar-refractivity contribution is 6.18.